The highest BCUT2D eigenvalue weighted by molar-refractivity contribution is 7.10. The van der Waals surface area contributed by atoms with Gasteiger partial charge in [0.2, 0.25) is 5.91 Å². The summed E-state index contributed by atoms with van der Waals surface area (Å²) in [7, 11) is 0. The lowest BCUT2D eigenvalue weighted by atomic mass is 10.1. The minimum absolute atomic E-state index is 0.0270. The van der Waals surface area contributed by atoms with Gasteiger partial charge in [-0.1, -0.05) is 42.2 Å². The van der Waals surface area contributed by atoms with Gasteiger partial charge in [-0.15, -0.1) is 11.3 Å². The molecule has 20 heavy (non-hydrogen) atoms. The molecule has 0 aliphatic heterocycles. The first kappa shape index (κ1) is 14.3. The van der Waals surface area contributed by atoms with Gasteiger partial charge in [0.25, 0.3) is 0 Å². The van der Waals surface area contributed by atoms with Crippen molar-refractivity contribution in [2.75, 3.05) is 6.54 Å². The minimum atomic E-state index is 0.0270. The molecular formula is C16H16N2OS. The molecule has 0 saturated carbocycles. The van der Waals surface area contributed by atoms with Crippen molar-refractivity contribution in [3.05, 3.63) is 57.8 Å². The maximum atomic E-state index is 11.8. The summed E-state index contributed by atoms with van der Waals surface area (Å²) >= 11 is 1.59. The van der Waals surface area contributed by atoms with E-state index in [9.17, 15) is 4.79 Å². The molecule has 0 bridgehead atoms. The number of thiophene rings is 1. The zero-order valence-electron chi connectivity index (χ0n) is 11.1. The summed E-state index contributed by atoms with van der Waals surface area (Å²) in [5.74, 6) is 5.81. The second-order valence-electron chi connectivity index (χ2n) is 4.25. The van der Waals surface area contributed by atoms with Crippen molar-refractivity contribution in [3.8, 4) is 11.8 Å². The lowest BCUT2D eigenvalue weighted by Gasteiger charge is -2.03. The molecule has 1 aromatic heterocycles. The highest BCUT2D eigenvalue weighted by atomic mass is 32.1. The van der Waals surface area contributed by atoms with Crippen LogP contribution in [-0.4, -0.2) is 12.5 Å². The number of carbonyl (C=O) groups is 1. The topological polar surface area (TPSA) is 55.1 Å². The third-order valence-electron chi connectivity index (χ3n) is 2.66. The fourth-order valence-electron chi connectivity index (χ4n) is 1.72. The molecule has 3 nitrogen and oxygen atoms in total. The van der Waals surface area contributed by atoms with E-state index >= 15 is 0 Å². The zero-order chi connectivity index (χ0) is 14.2. The van der Waals surface area contributed by atoms with E-state index in [-0.39, 0.29) is 5.91 Å². The summed E-state index contributed by atoms with van der Waals surface area (Å²) < 4.78 is 0. The number of rotatable bonds is 4. The van der Waals surface area contributed by atoms with Crippen molar-refractivity contribution in [3.63, 3.8) is 0 Å². The Bertz CT molecular complexity index is 623. The van der Waals surface area contributed by atoms with E-state index < -0.39 is 0 Å². The summed E-state index contributed by atoms with van der Waals surface area (Å²) in [5, 5.41) is 4.89. The van der Waals surface area contributed by atoms with Crippen LogP contribution < -0.4 is 11.1 Å². The predicted octanol–water partition coefficient (Wildman–Crippen LogP) is 1.92. The molecule has 0 aliphatic rings. The fourth-order valence-corrected chi connectivity index (χ4v) is 2.48. The molecule has 0 unspecified atom stereocenters. The van der Waals surface area contributed by atoms with Crippen molar-refractivity contribution in [2.45, 2.75) is 13.0 Å². The molecule has 102 valence electrons. The molecule has 3 N–H and O–H groups in total. The maximum absolute atomic E-state index is 11.8. The number of carbonyl (C=O) groups excluding carboxylic acids is 1. The molecule has 0 spiro atoms. The van der Waals surface area contributed by atoms with Gasteiger partial charge in [-0.25, -0.2) is 0 Å². The number of hydrogen-bond donors (Lipinski definition) is 2. The van der Waals surface area contributed by atoms with Crippen LogP contribution >= 0.6 is 11.3 Å². The van der Waals surface area contributed by atoms with Crippen LogP contribution in [0.4, 0.5) is 0 Å². The van der Waals surface area contributed by atoms with Gasteiger partial charge in [0.05, 0.1) is 19.5 Å². The lowest BCUT2D eigenvalue weighted by molar-refractivity contribution is -0.120. The Labute approximate surface area is 122 Å². The largest absolute Gasteiger partial charge is 0.351 e. The van der Waals surface area contributed by atoms with Crippen molar-refractivity contribution < 1.29 is 4.79 Å². The van der Waals surface area contributed by atoms with Crippen LogP contribution in [0.2, 0.25) is 0 Å². The van der Waals surface area contributed by atoms with E-state index in [1.165, 1.54) is 0 Å². The van der Waals surface area contributed by atoms with E-state index in [0.29, 0.717) is 19.5 Å². The number of nitrogens with one attached hydrogen (secondary N) is 1. The Balaban J connectivity index is 1.83. The molecule has 1 amide bonds. The first-order valence-electron chi connectivity index (χ1n) is 6.35. The summed E-state index contributed by atoms with van der Waals surface area (Å²) in [6.45, 7) is 0.902. The summed E-state index contributed by atoms with van der Waals surface area (Å²) in [4.78, 5) is 12.9. The normalized spacial score (nSPS) is 9.65. The molecule has 1 aromatic carbocycles. The van der Waals surface area contributed by atoms with Crippen LogP contribution in [0.3, 0.4) is 0 Å². The van der Waals surface area contributed by atoms with Crippen molar-refractivity contribution in [1.82, 2.24) is 5.32 Å². The first-order valence-corrected chi connectivity index (χ1v) is 7.23. The number of amides is 1. The molecule has 0 fully saturated rings. The molecule has 1 heterocycles. The van der Waals surface area contributed by atoms with E-state index in [4.69, 9.17) is 5.73 Å². The van der Waals surface area contributed by atoms with Gasteiger partial charge in [-0.05, 0) is 11.6 Å². The molecule has 0 aliphatic carbocycles. The Morgan fingerprint density at radius 1 is 1.30 bits per heavy atom. The second-order valence-corrected chi connectivity index (χ2v) is 5.24. The Morgan fingerprint density at radius 2 is 2.10 bits per heavy atom. The molecular weight excluding hydrogens is 268 g/mol. The van der Waals surface area contributed by atoms with Gasteiger partial charge in [0.1, 0.15) is 0 Å². The van der Waals surface area contributed by atoms with Gasteiger partial charge in [-0.3, -0.25) is 4.79 Å². The Kier molecular flexibility index (Phi) is 5.36. The van der Waals surface area contributed by atoms with Crippen LogP contribution in [0.1, 0.15) is 16.0 Å². The summed E-state index contributed by atoms with van der Waals surface area (Å²) in [6, 6.07) is 11.7. The quantitative estimate of drug-likeness (QED) is 0.843. The van der Waals surface area contributed by atoms with E-state index in [2.05, 4.69) is 17.2 Å². The van der Waals surface area contributed by atoms with Crippen LogP contribution in [0.15, 0.2) is 41.8 Å². The molecule has 0 radical (unpaired) electrons. The van der Waals surface area contributed by atoms with E-state index in [0.717, 1.165) is 16.0 Å². The zero-order valence-corrected chi connectivity index (χ0v) is 11.9. The third kappa shape index (κ3) is 4.54. The smallest absolute Gasteiger partial charge is 0.224 e. The SMILES string of the molecule is NCC#Cc1csc(CNC(=O)Cc2ccccc2)c1. The van der Waals surface area contributed by atoms with Gasteiger partial charge >= 0.3 is 0 Å². The molecule has 0 saturated heterocycles. The predicted molar refractivity (Wildman–Crippen MR) is 82.2 cm³/mol. The number of nitrogens with two attached hydrogens (primary N) is 1. The highest BCUT2D eigenvalue weighted by Gasteiger charge is 2.04. The molecule has 2 rings (SSSR count). The molecule has 0 atom stereocenters. The lowest BCUT2D eigenvalue weighted by Crippen LogP contribution is -2.24. The summed E-state index contributed by atoms with van der Waals surface area (Å²) in [5.41, 5.74) is 7.30. The van der Waals surface area contributed by atoms with Crippen LogP contribution in [0, 0.1) is 11.8 Å². The Morgan fingerprint density at radius 3 is 2.85 bits per heavy atom. The second kappa shape index (κ2) is 7.49. The third-order valence-corrected chi connectivity index (χ3v) is 3.59. The van der Waals surface area contributed by atoms with Gasteiger partial charge in [0.15, 0.2) is 0 Å². The van der Waals surface area contributed by atoms with Gasteiger partial charge in [0, 0.05) is 15.8 Å². The van der Waals surface area contributed by atoms with Crippen molar-refractivity contribution >= 4 is 17.2 Å². The average Bonchev–Trinajstić information content (AvgIpc) is 2.92. The first-order chi connectivity index (χ1) is 9.78. The van der Waals surface area contributed by atoms with Crippen LogP contribution in [0.25, 0.3) is 0 Å². The number of benzene rings is 1. The monoisotopic (exact) mass is 284 g/mol. The fraction of sp³-hybridized carbons (Fsp3) is 0.188. The van der Waals surface area contributed by atoms with E-state index in [1.807, 2.05) is 41.8 Å². The van der Waals surface area contributed by atoms with Gasteiger partial charge in [-0.2, -0.15) is 0 Å². The average molecular weight is 284 g/mol. The van der Waals surface area contributed by atoms with E-state index in [1.54, 1.807) is 11.3 Å². The van der Waals surface area contributed by atoms with Crippen molar-refractivity contribution in [1.29, 1.82) is 0 Å². The van der Waals surface area contributed by atoms with Crippen molar-refractivity contribution in [2.24, 2.45) is 5.73 Å². The molecule has 4 heteroatoms. The highest BCUT2D eigenvalue weighted by Crippen LogP contribution is 2.13. The van der Waals surface area contributed by atoms with Crippen LogP contribution in [0.5, 0.6) is 0 Å². The van der Waals surface area contributed by atoms with Crippen LogP contribution in [-0.2, 0) is 17.8 Å². The standard InChI is InChI=1S/C16H16N2OS/c17-8-4-7-14-9-15(20-12-14)11-18-16(19)10-13-5-2-1-3-6-13/h1-3,5-6,9,12H,8,10-11,17H2,(H,18,19). The minimum Gasteiger partial charge on any atom is -0.351 e. The van der Waals surface area contributed by atoms with Gasteiger partial charge < -0.3 is 11.1 Å². The molecule has 2 aromatic rings. The summed E-state index contributed by atoms with van der Waals surface area (Å²) in [6.07, 6.45) is 0.409. The maximum Gasteiger partial charge on any atom is 0.224 e. The number of hydrogen-bond acceptors (Lipinski definition) is 3. The Hall–Kier alpha value is -2.09.